The minimum absolute atomic E-state index is 0.558. The lowest BCUT2D eigenvalue weighted by Gasteiger charge is -2.20. The van der Waals surface area contributed by atoms with Crippen LogP contribution >= 0.6 is 0 Å². The molecule has 1 unspecified atom stereocenters. The number of likely N-dealkylation sites (tertiary alicyclic amines) is 1. The molecule has 1 saturated heterocycles. The van der Waals surface area contributed by atoms with Gasteiger partial charge in [-0.05, 0) is 44.0 Å². The van der Waals surface area contributed by atoms with Gasteiger partial charge in [-0.2, -0.15) is 0 Å². The maximum atomic E-state index is 9.55. The highest BCUT2D eigenvalue weighted by Gasteiger charge is 2.21. The summed E-state index contributed by atoms with van der Waals surface area (Å²) in [6.07, 6.45) is 6.02. The van der Waals surface area contributed by atoms with Gasteiger partial charge in [-0.15, -0.1) is 0 Å². The van der Waals surface area contributed by atoms with Crippen molar-refractivity contribution in [2.75, 3.05) is 13.6 Å². The zero-order valence-corrected chi connectivity index (χ0v) is 13.6. The van der Waals surface area contributed by atoms with E-state index in [-0.39, 0.29) is 0 Å². The lowest BCUT2D eigenvalue weighted by molar-refractivity contribution is -0.134. The predicted octanol–water partition coefficient (Wildman–Crippen LogP) is 2.45. The molecule has 0 radical (unpaired) electrons. The lowest BCUT2D eigenvalue weighted by atomic mass is 10.2. The molecule has 1 atom stereocenters. The molecule has 24 heavy (non-hydrogen) atoms. The van der Waals surface area contributed by atoms with E-state index in [1.165, 1.54) is 30.3 Å². The van der Waals surface area contributed by atoms with Crippen molar-refractivity contribution in [3.05, 3.63) is 48.7 Å². The fourth-order valence-electron chi connectivity index (χ4n) is 2.88. The minimum Gasteiger partial charge on any atom is -0.478 e. The normalized spacial score (nSPS) is 17.8. The highest BCUT2D eigenvalue weighted by molar-refractivity contribution is 5.89. The maximum absolute atomic E-state index is 9.55. The summed E-state index contributed by atoms with van der Waals surface area (Å²) in [6, 6.07) is 11.6. The Hall–Kier alpha value is -2.60. The zero-order chi connectivity index (χ0) is 17.5. The number of hydrogen-bond acceptors (Lipinski definition) is 3. The van der Waals surface area contributed by atoms with Gasteiger partial charge < -0.3 is 19.7 Å². The molecule has 1 aromatic carbocycles. The van der Waals surface area contributed by atoms with E-state index in [2.05, 4.69) is 53.0 Å². The summed E-state index contributed by atoms with van der Waals surface area (Å²) in [5.74, 6) is -2.51. The monoisotopic (exact) mass is 330 g/mol. The Bertz CT molecular complexity index is 719. The molecule has 2 aromatic rings. The van der Waals surface area contributed by atoms with E-state index >= 15 is 0 Å². The van der Waals surface area contributed by atoms with E-state index in [1.54, 1.807) is 0 Å². The van der Waals surface area contributed by atoms with Crippen molar-refractivity contribution >= 4 is 22.8 Å². The molecule has 2 N–H and O–H groups in total. The second-order valence-electron chi connectivity index (χ2n) is 5.81. The zero-order valence-electron chi connectivity index (χ0n) is 13.6. The summed E-state index contributed by atoms with van der Waals surface area (Å²) >= 11 is 0. The van der Waals surface area contributed by atoms with E-state index < -0.39 is 11.9 Å². The van der Waals surface area contributed by atoms with Crippen LogP contribution in [0.4, 0.5) is 0 Å². The summed E-state index contributed by atoms with van der Waals surface area (Å²) in [5, 5.41) is 17.0. The Labute approximate surface area is 140 Å². The minimum atomic E-state index is -1.26. The molecule has 0 aliphatic carbocycles. The number of rotatable bonds is 4. The standard InChI is InChI=1S/C14H18N2.C4H4O4/c1-15-9-4-6-13(15)11-16-10-8-12-5-2-3-7-14(12)16;5-3(6)1-2-4(7)8/h2-3,5,7-8,10,13H,4,6,9,11H2,1H3;1-2H,(H,5,6)(H,7,8)/b;2-1+. The maximum Gasteiger partial charge on any atom is 0.328 e. The molecule has 1 aromatic heterocycles. The number of hydrogen-bond donors (Lipinski definition) is 2. The molecule has 0 spiro atoms. The van der Waals surface area contributed by atoms with Gasteiger partial charge in [-0.3, -0.25) is 0 Å². The van der Waals surface area contributed by atoms with Gasteiger partial charge in [-0.25, -0.2) is 9.59 Å². The van der Waals surface area contributed by atoms with Gasteiger partial charge in [0.15, 0.2) is 0 Å². The summed E-state index contributed by atoms with van der Waals surface area (Å²) in [6.45, 7) is 2.38. The average molecular weight is 330 g/mol. The number of carboxylic acid groups (broad SMARTS) is 2. The molecule has 1 fully saturated rings. The summed E-state index contributed by atoms with van der Waals surface area (Å²) in [5.41, 5.74) is 1.36. The second-order valence-corrected chi connectivity index (χ2v) is 5.81. The number of carbonyl (C=O) groups is 2. The number of benzene rings is 1. The first kappa shape index (κ1) is 17.7. The third kappa shape index (κ3) is 4.96. The molecule has 0 bridgehead atoms. The molecule has 1 aliphatic heterocycles. The Morgan fingerprint density at radius 2 is 1.83 bits per heavy atom. The van der Waals surface area contributed by atoms with E-state index in [1.807, 2.05) is 0 Å². The first-order chi connectivity index (χ1) is 11.5. The Morgan fingerprint density at radius 3 is 2.42 bits per heavy atom. The van der Waals surface area contributed by atoms with Gasteiger partial charge in [0.2, 0.25) is 0 Å². The third-order valence-corrected chi connectivity index (χ3v) is 4.13. The van der Waals surface area contributed by atoms with Gasteiger partial charge in [0.25, 0.3) is 0 Å². The fourth-order valence-corrected chi connectivity index (χ4v) is 2.88. The molecular formula is C18H22N2O4. The van der Waals surface area contributed by atoms with Crippen LogP contribution in [-0.2, 0) is 16.1 Å². The van der Waals surface area contributed by atoms with Gasteiger partial charge in [-0.1, -0.05) is 18.2 Å². The van der Waals surface area contributed by atoms with E-state index in [0.717, 1.165) is 12.6 Å². The van der Waals surface area contributed by atoms with Crippen LogP contribution in [0, 0.1) is 0 Å². The predicted molar refractivity (Wildman–Crippen MR) is 92.0 cm³/mol. The van der Waals surface area contributed by atoms with Crippen LogP contribution in [0.1, 0.15) is 12.8 Å². The molecular weight excluding hydrogens is 308 g/mol. The Kier molecular flexibility index (Phi) is 6.14. The average Bonchev–Trinajstić information content (AvgIpc) is 3.14. The lowest BCUT2D eigenvalue weighted by Crippen LogP contribution is -2.28. The molecule has 0 amide bonds. The van der Waals surface area contributed by atoms with Gasteiger partial charge in [0.05, 0.1) is 0 Å². The number of carboxylic acids is 2. The Balaban J connectivity index is 0.000000224. The third-order valence-electron chi connectivity index (χ3n) is 4.13. The van der Waals surface area contributed by atoms with Crippen LogP contribution < -0.4 is 0 Å². The van der Waals surface area contributed by atoms with Gasteiger partial charge in [0, 0.05) is 36.5 Å². The molecule has 6 heteroatoms. The molecule has 128 valence electrons. The summed E-state index contributed by atoms with van der Waals surface area (Å²) in [4.78, 5) is 21.6. The quantitative estimate of drug-likeness (QED) is 0.842. The SMILES string of the molecule is CN1CCCC1Cn1ccc2ccccc21.O=C(O)/C=C/C(=O)O. The summed E-state index contributed by atoms with van der Waals surface area (Å²) < 4.78 is 2.39. The van der Waals surface area contributed by atoms with E-state index in [4.69, 9.17) is 10.2 Å². The molecule has 3 rings (SSSR count). The van der Waals surface area contributed by atoms with Crippen LogP contribution in [0.25, 0.3) is 10.9 Å². The van der Waals surface area contributed by atoms with Crippen molar-refractivity contribution in [1.29, 1.82) is 0 Å². The van der Waals surface area contributed by atoms with Crippen molar-refractivity contribution in [2.24, 2.45) is 0 Å². The number of aromatic nitrogens is 1. The van der Waals surface area contributed by atoms with Crippen molar-refractivity contribution in [1.82, 2.24) is 9.47 Å². The number of para-hydroxylation sites is 1. The number of likely N-dealkylation sites (N-methyl/N-ethyl adjacent to an activating group) is 1. The number of fused-ring (bicyclic) bond motifs is 1. The van der Waals surface area contributed by atoms with Crippen LogP contribution in [0.2, 0.25) is 0 Å². The smallest absolute Gasteiger partial charge is 0.328 e. The largest absolute Gasteiger partial charge is 0.478 e. The highest BCUT2D eigenvalue weighted by Crippen LogP contribution is 2.20. The highest BCUT2D eigenvalue weighted by atomic mass is 16.4. The number of aliphatic carboxylic acids is 2. The Morgan fingerprint density at radius 1 is 1.17 bits per heavy atom. The van der Waals surface area contributed by atoms with E-state index in [0.29, 0.717) is 12.2 Å². The van der Waals surface area contributed by atoms with Gasteiger partial charge in [0.1, 0.15) is 0 Å². The van der Waals surface area contributed by atoms with Crippen LogP contribution in [0.15, 0.2) is 48.7 Å². The van der Waals surface area contributed by atoms with Crippen LogP contribution in [0.3, 0.4) is 0 Å². The van der Waals surface area contributed by atoms with E-state index in [9.17, 15) is 9.59 Å². The van der Waals surface area contributed by atoms with Crippen LogP contribution in [0.5, 0.6) is 0 Å². The van der Waals surface area contributed by atoms with Crippen LogP contribution in [-0.4, -0.2) is 51.3 Å². The molecule has 0 saturated carbocycles. The van der Waals surface area contributed by atoms with Crippen molar-refractivity contribution < 1.29 is 19.8 Å². The van der Waals surface area contributed by atoms with Gasteiger partial charge >= 0.3 is 11.9 Å². The van der Waals surface area contributed by atoms with Crippen molar-refractivity contribution in [2.45, 2.75) is 25.4 Å². The van der Waals surface area contributed by atoms with Crippen molar-refractivity contribution in [3.8, 4) is 0 Å². The fraction of sp³-hybridized carbons (Fsp3) is 0.333. The number of nitrogens with zero attached hydrogens (tertiary/aromatic N) is 2. The first-order valence-electron chi connectivity index (χ1n) is 7.85. The molecule has 2 heterocycles. The topological polar surface area (TPSA) is 82.8 Å². The van der Waals surface area contributed by atoms with Crippen molar-refractivity contribution in [3.63, 3.8) is 0 Å². The first-order valence-corrected chi connectivity index (χ1v) is 7.85. The second kappa shape index (κ2) is 8.31. The molecule has 1 aliphatic rings. The molecule has 6 nitrogen and oxygen atoms in total. The summed E-state index contributed by atoms with van der Waals surface area (Å²) in [7, 11) is 2.24.